The fraction of sp³-hybridized carbons (Fsp3) is 0.533. The summed E-state index contributed by atoms with van der Waals surface area (Å²) >= 11 is 0. The van der Waals surface area contributed by atoms with Gasteiger partial charge in [-0.3, -0.25) is 0 Å². The molecule has 18 heavy (non-hydrogen) atoms. The Kier molecular flexibility index (Phi) is 2.88. The molecule has 0 fully saturated rings. The van der Waals surface area contributed by atoms with Gasteiger partial charge in [-0.2, -0.15) is 9.98 Å². The maximum Gasteiger partial charge on any atom is 0.368 e. The first-order valence-corrected chi connectivity index (χ1v) is 6.30. The monoisotopic (exact) mass is 244 g/mol. The van der Waals surface area contributed by atoms with E-state index < -0.39 is 0 Å². The van der Waals surface area contributed by atoms with Crippen molar-refractivity contribution in [2.75, 3.05) is 0 Å². The Morgan fingerprint density at radius 2 is 1.72 bits per heavy atom. The van der Waals surface area contributed by atoms with E-state index in [2.05, 4.69) is 50.7 Å². The summed E-state index contributed by atoms with van der Waals surface area (Å²) < 4.78 is 0. The van der Waals surface area contributed by atoms with Gasteiger partial charge in [-0.15, -0.1) is 0 Å². The third-order valence-corrected chi connectivity index (χ3v) is 3.14. The molecule has 0 bridgehead atoms. The molecule has 2 amide bonds. The third-order valence-electron chi connectivity index (χ3n) is 3.14. The fourth-order valence-electron chi connectivity index (χ4n) is 2.93. The van der Waals surface area contributed by atoms with E-state index in [4.69, 9.17) is 0 Å². The molecule has 0 aliphatic carbocycles. The van der Waals surface area contributed by atoms with Crippen molar-refractivity contribution in [3.8, 4) is 0 Å². The number of rotatable bonds is 2. The van der Waals surface area contributed by atoms with Gasteiger partial charge in [-0.25, -0.2) is 4.79 Å². The molecule has 1 heterocycles. The number of hydrogen-bond acceptors (Lipinski definition) is 1. The molecule has 3 nitrogen and oxygen atoms in total. The largest absolute Gasteiger partial charge is 0.368 e. The predicted octanol–water partition coefficient (Wildman–Crippen LogP) is 2.77. The highest BCUT2D eigenvalue weighted by Crippen LogP contribution is 2.34. The fourth-order valence-corrected chi connectivity index (χ4v) is 2.93. The van der Waals surface area contributed by atoms with Gasteiger partial charge in [0.05, 0.1) is 10.7 Å². The lowest BCUT2D eigenvalue weighted by molar-refractivity contribution is 0.256. The molecule has 0 radical (unpaired) electrons. The van der Waals surface area contributed by atoms with Crippen LogP contribution in [0, 0.1) is 5.41 Å². The van der Waals surface area contributed by atoms with Crippen LogP contribution in [0.15, 0.2) is 28.2 Å². The Bertz CT molecular complexity index is 606. The Balaban J connectivity index is 2.56. The first kappa shape index (κ1) is 12.9. The van der Waals surface area contributed by atoms with Crippen LogP contribution in [0.5, 0.6) is 0 Å². The highest BCUT2D eigenvalue weighted by Gasteiger charge is 2.29. The molecule has 2 rings (SSSR count). The van der Waals surface area contributed by atoms with Gasteiger partial charge in [0.2, 0.25) is 0 Å². The smallest absolute Gasteiger partial charge is 0.244 e. The number of carbonyl (C=O) groups is 1. The molecule has 0 atom stereocenters. The first-order chi connectivity index (χ1) is 8.19. The predicted molar refractivity (Wildman–Crippen MR) is 71.2 cm³/mol. The van der Waals surface area contributed by atoms with Gasteiger partial charge < -0.3 is 0 Å². The molecule has 0 saturated heterocycles. The molecule has 96 valence electrons. The molecular weight excluding hydrogens is 224 g/mol. The number of hydrogen-bond donors (Lipinski definition) is 0. The van der Waals surface area contributed by atoms with Crippen molar-refractivity contribution in [2.45, 2.75) is 46.5 Å². The van der Waals surface area contributed by atoms with Gasteiger partial charge in [-0.1, -0.05) is 46.8 Å². The lowest BCUT2D eigenvalue weighted by Crippen LogP contribution is -2.36. The Labute approximate surface area is 108 Å². The number of benzene rings is 1. The van der Waals surface area contributed by atoms with Gasteiger partial charge in [0.1, 0.15) is 0 Å². The zero-order valence-electron chi connectivity index (χ0n) is 11.7. The van der Waals surface area contributed by atoms with E-state index in [1.54, 1.807) is 0 Å². The summed E-state index contributed by atoms with van der Waals surface area (Å²) in [5, 5.41) is 1.47. The van der Waals surface area contributed by atoms with Crippen molar-refractivity contribution in [2.24, 2.45) is 15.4 Å². The lowest BCUT2D eigenvalue weighted by atomic mass is 9.72. The number of amides is 2. The average molecular weight is 244 g/mol. The Hall–Kier alpha value is -1.51. The molecule has 3 heteroatoms. The quantitative estimate of drug-likeness (QED) is 0.788. The molecule has 0 unspecified atom stereocenters. The summed E-state index contributed by atoms with van der Waals surface area (Å²) in [5.74, 6) is 0. The number of para-hydroxylation sites is 1. The second-order valence-corrected chi connectivity index (χ2v) is 6.80. The number of carbonyl (C=O) groups excluding carboxylic acids is 1. The Morgan fingerprint density at radius 3 is 2.33 bits per heavy atom. The van der Waals surface area contributed by atoms with Crippen molar-refractivity contribution >= 4 is 6.03 Å². The van der Waals surface area contributed by atoms with E-state index in [9.17, 15) is 4.79 Å². The third kappa shape index (κ3) is 2.50. The minimum absolute atomic E-state index is 0.0206. The summed E-state index contributed by atoms with van der Waals surface area (Å²) in [6, 6.07) is 5.47. The highest BCUT2D eigenvalue weighted by molar-refractivity contribution is 5.77. The number of fused-ring (bicyclic) bond motifs is 1. The topological polar surface area (TPSA) is 41.8 Å². The van der Waals surface area contributed by atoms with E-state index >= 15 is 0 Å². The van der Waals surface area contributed by atoms with Gasteiger partial charge in [0, 0.05) is 0 Å². The van der Waals surface area contributed by atoms with Crippen LogP contribution < -0.4 is 10.7 Å². The van der Waals surface area contributed by atoms with Gasteiger partial charge in [-0.05, 0) is 28.9 Å². The molecular formula is C15H20N2O. The van der Waals surface area contributed by atoms with Crippen molar-refractivity contribution in [3.63, 3.8) is 0 Å². The molecule has 1 aliphatic rings. The van der Waals surface area contributed by atoms with Crippen molar-refractivity contribution < 1.29 is 4.79 Å². The van der Waals surface area contributed by atoms with Crippen LogP contribution >= 0.6 is 0 Å². The molecule has 0 N–H and O–H groups in total. The van der Waals surface area contributed by atoms with E-state index in [1.807, 2.05) is 12.1 Å². The lowest BCUT2D eigenvalue weighted by Gasteiger charge is -2.32. The van der Waals surface area contributed by atoms with Crippen LogP contribution in [-0.2, 0) is 5.41 Å². The normalized spacial score (nSPS) is 15.1. The second-order valence-electron chi connectivity index (χ2n) is 6.80. The van der Waals surface area contributed by atoms with Crippen LogP contribution in [0.25, 0.3) is 0 Å². The molecule has 0 aromatic heterocycles. The van der Waals surface area contributed by atoms with E-state index in [0.717, 1.165) is 17.3 Å². The molecule has 0 spiro atoms. The minimum atomic E-state index is -0.385. The summed E-state index contributed by atoms with van der Waals surface area (Å²) in [5.41, 5.74) is 1.32. The molecule has 0 saturated carbocycles. The second kappa shape index (κ2) is 4.01. The Morgan fingerprint density at radius 1 is 1.06 bits per heavy atom. The van der Waals surface area contributed by atoms with E-state index in [0.29, 0.717) is 5.36 Å². The minimum Gasteiger partial charge on any atom is -0.244 e. The first-order valence-electron chi connectivity index (χ1n) is 6.30. The van der Waals surface area contributed by atoms with Crippen molar-refractivity contribution in [1.29, 1.82) is 0 Å². The van der Waals surface area contributed by atoms with Gasteiger partial charge in [0.25, 0.3) is 0 Å². The van der Waals surface area contributed by atoms with Crippen LogP contribution in [-0.4, -0.2) is 6.03 Å². The zero-order valence-corrected chi connectivity index (χ0v) is 11.7. The van der Waals surface area contributed by atoms with E-state index in [-0.39, 0.29) is 16.9 Å². The summed E-state index contributed by atoms with van der Waals surface area (Å²) in [6.45, 7) is 11.1. The van der Waals surface area contributed by atoms with Crippen LogP contribution in [0.2, 0.25) is 0 Å². The van der Waals surface area contributed by atoms with E-state index in [1.165, 1.54) is 0 Å². The van der Waals surface area contributed by atoms with Crippen LogP contribution in [0.1, 0.15) is 46.6 Å². The summed E-state index contributed by atoms with van der Waals surface area (Å²) in [7, 11) is 0. The maximum atomic E-state index is 11.3. The summed E-state index contributed by atoms with van der Waals surface area (Å²) in [6.07, 6.45) is 1.03. The van der Waals surface area contributed by atoms with Crippen LogP contribution in [0.3, 0.4) is 0 Å². The standard InChI is InChI=1S/C15H20N2O/c1-14(2,3)9-15(4,5)10-7-6-8-11-12(10)17-13(18)16-11/h6-8H,9H2,1-5H3. The van der Waals surface area contributed by atoms with Crippen LogP contribution in [0.4, 0.5) is 4.79 Å². The highest BCUT2D eigenvalue weighted by atomic mass is 16.2. The maximum absolute atomic E-state index is 11.3. The molecule has 1 aliphatic heterocycles. The van der Waals surface area contributed by atoms with Crippen molar-refractivity contribution in [3.05, 3.63) is 34.5 Å². The number of urea groups is 1. The van der Waals surface area contributed by atoms with Gasteiger partial charge >= 0.3 is 6.03 Å². The average Bonchev–Trinajstić information content (AvgIpc) is 2.52. The van der Waals surface area contributed by atoms with Gasteiger partial charge in [0.15, 0.2) is 0 Å². The van der Waals surface area contributed by atoms with Crippen molar-refractivity contribution in [1.82, 2.24) is 0 Å². The number of nitrogens with zero attached hydrogens (tertiary/aromatic N) is 2. The molecule has 1 aromatic carbocycles. The summed E-state index contributed by atoms with van der Waals surface area (Å²) in [4.78, 5) is 19.3. The zero-order chi connectivity index (χ0) is 13.6. The molecule has 1 aromatic rings. The SMILES string of the molecule is CC(C)(C)CC(C)(C)c1cccc2c1=NC(=O)N=2.